The van der Waals surface area contributed by atoms with Crippen LogP contribution in [0.4, 0.5) is 5.82 Å². The summed E-state index contributed by atoms with van der Waals surface area (Å²) < 4.78 is 0. The van der Waals surface area contributed by atoms with Crippen LogP contribution in [0, 0.1) is 6.92 Å². The van der Waals surface area contributed by atoms with E-state index in [1.54, 1.807) is 19.0 Å². The molecule has 1 amide bonds. The summed E-state index contributed by atoms with van der Waals surface area (Å²) in [6.07, 6.45) is 1.05. The van der Waals surface area contributed by atoms with Crippen molar-refractivity contribution in [2.24, 2.45) is 0 Å². The van der Waals surface area contributed by atoms with Gasteiger partial charge in [-0.05, 0) is 20.4 Å². The van der Waals surface area contributed by atoms with Gasteiger partial charge in [-0.3, -0.25) is 9.69 Å². The van der Waals surface area contributed by atoms with E-state index in [-0.39, 0.29) is 5.91 Å². The number of anilines is 1. The smallest absolute Gasteiger partial charge is 0.236 e. The van der Waals surface area contributed by atoms with E-state index in [1.165, 1.54) is 0 Å². The number of hydrogen-bond donors (Lipinski definition) is 1. The average Bonchev–Trinajstić information content (AvgIpc) is 2.35. The van der Waals surface area contributed by atoms with Crippen LogP contribution in [-0.4, -0.2) is 59.9 Å². The number of likely N-dealkylation sites (N-methyl/N-ethyl adjacent to an activating group) is 2. The molecule has 0 aliphatic heterocycles. The van der Waals surface area contributed by atoms with Gasteiger partial charge in [-0.1, -0.05) is 6.92 Å². The van der Waals surface area contributed by atoms with Gasteiger partial charge in [-0.25, -0.2) is 9.97 Å². The van der Waals surface area contributed by atoms with Crippen LogP contribution in [0.3, 0.4) is 0 Å². The first-order chi connectivity index (χ1) is 9.42. The highest BCUT2D eigenvalue weighted by atomic mass is 16.2. The van der Waals surface area contributed by atoms with E-state index in [2.05, 4.69) is 22.2 Å². The first kappa shape index (κ1) is 16.4. The normalized spacial score (nSPS) is 10.7. The summed E-state index contributed by atoms with van der Waals surface area (Å²) in [7, 11) is 5.41. The average molecular weight is 279 g/mol. The Morgan fingerprint density at radius 2 is 2.00 bits per heavy atom. The first-order valence-corrected chi connectivity index (χ1v) is 6.89. The monoisotopic (exact) mass is 279 g/mol. The van der Waals surface area contributed by atoms with Crippen molar-refractivity contribution in [1.82, 2.24) is 19.8 Å². The Bertz CT molecular complexity index is 447. The van der Waals surface area contributed by atoms with Crippen molar-refractivity contribution in [2.75, 3.05) is 39.5 Å². The minimum absolute atomic E-state index is 0.0736. The molecule has 0 aliphatic carbocycles. The Morgan fingerprint density at radius 1 is 1.30 bits per heavy atom. The predicted molar refractivity (Wildman–Crippen MR) is 80.6 cm³/mol. The quantitative estimate of drug-likeness (QED) is 0.810. The van der Waals surface area contributed by atoms with Crippen LogP contribution in [0.2, 0.25) is 0 Å². The minimum atomic E-state index is 0.0736. The molecule has 0 radical (unpaired) electrons. The van der Waals surface area contributed by atoms with E-state index in [0.29, 0.717) is 13.1 Å². The van der Waals surface area contributed by atoms with E-state index in [0.717, 1.165) is 30.3 Å². The second kappa shape index (κ2) is 7.79. The van der Waals surface area contributed by atoms with Gasteiger partial charge < -0.3 is 10.2 Å². The van der Waals surface area contributed by atoms with Crippen molar-refractivity contribution >= 4 is 11.7 Å². The van der Waals surface area contributed by atoms with Crippen molar-refractivity contribution in [3.05, 3.63) is 17.6 Å². The highest BCUT2D eigenvalue weighted by molar-refractivity contribution is 5.77. The maximum atomic E-state index is 11.6. The molecule has 112 valence electrons. The van der Waals surface area contributed by atoms with E-state index in [9.17, 15) is 4.79 Å². The summed E-state index contributed by atoms with van der Waals surface area (Å²) in [6, 6.07) is 1.93. The van der Waals surface area contributed by atoms with Gasteiger partial charge in [0.15, 0.2) is 0 Å². The molecule has 6 heteroatoms. The molecule has 1 heterocycles. The fraction of sp³-hybridized carbons (Fsp3) is 0.643. The van der Waals surface area contributed by atoms with Crippen molar-refractivity contribution in [3.8, 4) is 0 Å². The number of nitrogens with one attached hydrogen (secondary N) is 1. The highest BCUT2D eigenvalue weighted by Gasteiger charge is 2.11. The molecule has 0 atom stereocenters. The zero-order valence-corrected chi connectivity index (χ0v) is 13.1. The Morgan fingerprint density at radius 3 is 2.60 bits per heavy atom. The summed E-state index contributed by atoms with van der Waals surface area (Å²) in [6.45, 7) is 5.88. The maximum Gasteiger partial charge on any atom is 0.236 e. The standard InChI is InChI=1S/C14H25N5O/c1-6-7-15-12-8-11(2)16-13(17-12)9-19(5)10-14(20)18(3)4/h8H,6-7,9-10H2,1-5H3,(H,15,16,17). The molecule has 0 bridgehead atoms. The third-order valence-electron chi connectivity index (χ3n) is 2.77. The zero-order chi connectivity index (χ0) is 15.1. The van der Waals surface area contributed by atoms with Crippen molar-refractivity contribution in [1.29, 1.82) is 0 Å². The SMILES string of the molecule is CCCNc1cc(C)nc(CN(C)CC(=O)N(C)C)n1. The number of rotatable bonds is 7. The van der Waals surface area contributed by atoms with Gasteiger partial charge in [0.05, 0.1) is 13.1 Å². The summed E-state index contributed by atoms with van der Waals surface area (Å²) in [5, 5.41) is 3.26. The minimum Gasteiger partial charge on any atom is -0.370 e. The molecule has 0 spiro atoms. The predicted octanol–water partition coefficient (Wildman–Crippen LogP) is 1.13. The number of aryl methyl sites for hydroxylation is 1. The van der Waals surface area contributed by atoms with Crippen LogP contribution in [0.5, 0.6) is 0 Å². The van der Waals surface area contributed by atoms with Gasteiger partial charge in [0, 0.05) is 32.4 Å². The second-order valence-corrected chi connectivity index (χ2v) is 5.20. The lowest BCUT2D eigenvalue weighted by atomic mass is 10.3. The summed E-state index contributed by atoms with van der Waals surface area (Å²) >= 11 is 0. The highest BCUT2D eigenvalue weighted by Crippen LogP contribution is 2.07. The lowest BCUT2D eigenvalue weighted by Crippen LogP contribution is -2.34. The van der Waals surface area contributed by atoms with Crippen molar-refractivity contribution < 1.29 is 4.79 Å². The molecular formula is C14H25N5O. The maximum absolute atomic E-state index is 11.6. The summed E-state index contributed by atoms with van der Waals surface area (Å²) in [5.41, 5.74) is 0.931. The molecule has 0 unspecified atom stereocenters. The fourth-order valence-electron chi connectivity index (χ4n) is 1.71. The van der Waals surface area contributed by atoms with E-state index >= 15 is 0 Å². The molecule has 6 nitrogen and oxygen atoms in total. The fourth-order valence-corrected chi connectivity index (χ4v) is 1.71. The van der Waals surface area contributed by atoms with Gasteiger partial charge in [0.25, 0.3) is 0 Å². The molecule has 0 aliphatic rings. The van der Waals surface area contributed by atoms with E-state index < -0.39 is 0 Å². The van der Waals surface area contributed by atoms with Gasteiger partial charge in [-0.2, -0.15) is 0 Å². The van der Waals surface area contributed by atoms with Crippen LogP contribution in [0.15, 0.2) is 6.07 Å². The molecule has 1 rings (SSSR count). The number of carbonyl (C=O) groups is 1. The van der Waals surface area contributed by atoms with Gasteiger partial charge in [0.2, 0.25) is 5.91 Å². The second-order valence-electron chi connectivity index (χ2n) is 5.20. The Balaban J connectivity index is 2.66. The molecule has 1 aromatic heterocycles. The van der Waals surface area contributed by atoms with Crippen molar-refractivity contribution in [3.63, 3.8) is 0 Å². The lowest BCUT2D eigenvalue weighted by molar-refractivity contribution is -0.129. The van der Waals surface area contributed by atoms with Crippen LogP contribution < -0.4 is 5.32 Å². The van der Waals surface area contributed by atoms with Crippen LogP contribution in [0.25, 0.3) is 0 Å². The number of carbonyl (C=O) groups excluding carboxylic acids is 1. The van der Waals surface area contributed by atoms with Crippen LogP contribution in [-0.2, 0) is 11.3 Å². The van der Waals surface area contributed by atoms with Crippen LogP contribution >= 0.6 is 0 Å². The number of hydrogen-bond acceptors (Lipinski definition) is 5. The third-order valence-corrected chi connectivity index (χ3v) is 2.77. The molecule has 1 N–H and O–H groups in total. The van der Waals surface area contributed by atoms with E-state index in [4.69, 9.17) is 0 Å². The number of aromatic nitrogens is 2. The Kier molecular flexibility index (Phi) is 6.38. The lowest BCUT2D eigenvalue weighted by Gasteiger charge is -2.18. The topological polar surface area (TPSA) is 61.4 Å². The number of amides is 1. The first-order valence-electron chi connectivity index (χ1n) is 6.89. The largest absolute Gasteiger partial charge is 0.370 e. The third kappa shape index (κ3) is 5.52. The van der Waals surface area contributed by atoms with E-state index in [1.807, 2.05) is 24.9 Å². The summed E-state index contributed by atoms with van der Waals surface area (Å²) in [4.78, 5) is 24.0. The van der Waals surface area contributed by atoms with Crippen LogP contribution in [0.1, 0.15) is 24.9 Å². The molecule has 1 aromatic rings. The zero-order valence-electron chi connectivity index (χ0n) is 13.1. The molecule has 0 fully saturated rings. The van der Waals surface area contributed by atoms with Gasteiger partial charge >= 0.3 is 0 Å². The Hall–Kier alpha value is -1.69. The Labute approximate surface area is 121 Å². The summed E-state index contributed by atoms with van der Waals surface area (Å²) in [5.74, 6) is 1.66. The van der Waals surface area contributed by atoms with Crippen molar-refractivity contribution in [2.45, 2.75) is 26.8 Å². The molecule has 0 aromatic carbocycles. The molecular weight excluding hydrogens is 254 g/mol. The molecule has 20 heavy (non-hydrogen) atoms. The van der Waals surface area contributed by atoms with Gasteiger partial charge in [0.1, 0.15) is 11.6 Å². The molecule has 0 saturated carbocycles. The van der Waals surface area contributed by atoms with Gasteiger partial charge in [-0.15, -0.1) is 0 Å². The number of nitrogens with zero attached hydrogens (tertiary/aromatic N) is 4. The molecule has 0 saturated heterocycles.